The number of guanidine groups is 1. The number of hydrogen-bond acceptors (Lipinski definition) is 3. The fourth-order valence-electron chi connectivity index (χ4n) is 1.50. The first-order chi connectivity index (χ1) is 7.75. The molecule has 0 unspecified atom stereocenters. The second-order valence-corrected chi connectivity index (χ2v) is 4.44. The third-order valence-electron chi connectivity index (χ3n) is 2.36. The van der Waals surface area contributed by atoms with Crippen molar-refractivity contribution in [1.82, 2.24) is 10.6 Å². The van der Waals surface area contributed by atoms with Crippen LogP contribution in [0.25, 0.3) is 0 Å². The van der Waals surface area contributed by atoms with Gasteiger partial charge in [0, 0.05) is 29.7 Å². The van der Waals surface area contributed by atoms with E-state index in [9.17, 15) is 0 Å². The Balaban J connectivity index is 1.96. The van der Waals surface area contributed by atoms with Crippen LogP contribution in [0.2, 0.25) is 10.0 Å². The van der Waals surface area contributed by atoms with Gasteiger partial charge in [-0.25, -0.2) is 0 Å². The molecule has 1 aromatic carbocycles. The maximum Gasteiger partial charge on any atom is 0.191 e. The van der Waals surface area contributed by atoms with E-state index >= 15 is 0 Å². The Kier molecular flexibility index (Phi) is 3.91. The Morgan fingerprint density at radius 1 is 1.38 bits per heavy atom. The monoisotopic (exact) mass is 257 g/mol. The topological polar surface area (TPSA) is 36.4 Å². The molecule has 1 aromatic rings. The van der Waals surface area contributed by atoms with Gasteiger partial charge in [-0.3, -0.25) is 4.99 Å². The highest BCUT2D eigenvalue weighted by Crippen LogP contribution is 2.20. The molecule has 0 saturated carbocycles. The van der Waals surface area contributed by atoms with E-state index in [1.54, 1.807) is 6.07 Å². The van der Waals surface area contributed by atoms with Crippen LogP contribution in [0.4, 0.5) is 0 Å². The minimum Gasteiger partial charge on any atom is -0.356 e. The fourth-order valence-corrected chi connectivity index (χ4v) is 1.97. The van der Waals surface area contributed by atoms with Gasteiger partial charge in [0.05, 0.1) is 0 Å². The van der Waals surface area contributed by atoms with E-state index in [1.165, 1.54) is 0 Å². The SMILES string of the molecule is Clc1ccc(CNC2=NCCCN2)c(Cl)c1. The van der Waals surface area contributed by atoms with E-state index in [0.717, 1.165) is 31.0 Å². The Bertz CT molecular complexity index is 404. The summed E-state index contributed by atoms with van der Waals surface area (Å²) in [5, 5.41) is 7.73. The summed E-state index contributed by atoms with van der Waals surface area (Å²) >= 11 is 11.9. The molecule has 86 valence electrons. The average molecular weight is 258 g/mol. The fraction of sp³-hybridized carbons (Fsp3) is 0.364. The summed E-state index contributed by atoms with van der Waals surface area (Å²) in [6.45, 7) is 2.51. The van der Waals surface area contributed by atoms with Crippen molar-refractivity contribution < 1.29 is 0 Å². The predicted octanol–water partition coefficient (Wildman–Crippen LogP) is 2.43. The highest BCUT2D eigenvalue weighted by molar-refractivity contribution is 6.35. The number of benzene rings is 1. The van der Waals surface area contributed by atoms with Gasteiger partial charge in [-0.15, -0.1) is 0 Å². The van der Waals surface area contributed by atoms with Gasteiger partial charge >= 0.3 is 0 Å². The highest BCUT2D eigenvalue weighted by Gasteiger charge is 2.05. The minimum absolute atomic E-state index is 0.655. The Labute approximate surface area is 105 Å². The van der Waals surface area contributed by atoms with Gasteiger partial charge in [-0.05, 0) is 24.1 Å². The summed E-state index contributed by atoms with van der Waals surface area (Å²) in [7, 11) is 0. The number of hydrogen-bond donors (Lipinski definition) is 2. The lowest BCUT2D eigenvalue weighted by molar-refractivity contribution is 0.702. The summed E-state index contributed by atoms with van der Waals surface area (Å²) in [5.41, 5.74) is 1.01. The highest BCUT2D eigenvalue weighted by atomic mass is 35.5. The maximum absolute atomic E-state index is 6.06. The molecule has 0 fully saturated rings. The normalized spacial score (nSPS) is 15.2. The molecular formula is C11H13Cl2N3. The third kappa shape index (κ3) is 3.03. The van der Waals surface area contributed by atoms with Crippen LogP contribution in [-0.2, 0) is 6.54 Å². The molecule has 0 saturated heterocycles. The van der Waals surface area contributed by atoms with Crippen molar-refractivity contribution in [3.63, 3.8) is 0 Å². The van der Waals surface area contributed by atoms with Crippen LogP contribution < -0.4 is 10.6 Å². The molecule has 0 aromatic heterocycles. The summed E-state index contributed by atoms with van der Waals surface area (Å²) in [5.74, 6) is 0.845. The molecule has 0 spiro atoms. The largest absolute Gasteiger partial charge is 0.356 e. The molecule has 2 rings (SSSR count). The van der Waals surface area contributed by atoms with Crippen molar-refractivity contribution in [3.05, 3.63) is 33.8 Å². The molecule has 5 heteroatoms. The lowest BCUT2D eigenvalue weighted by atomic mass is 10.2. The predicted molar refractivity (Wildman–Crippen MR) is 68.2 cm³/mol. The summed E-state index contributed by atoms with van der Waals surface area (Å²) in [4.78, 5) is 4.32. The van der Waals surface area contributed by atoms with Gasteiger partial charge in [0.15, 0.2) is 5.96 Å². The first-order valence-electron chi connectivity index (χ1n) is 5.22. The van der Waals surface area contributed by atoms with Crippen LogP contribution >= 0.6 is 23.2 Å². The van der Waals surface area contributed by atoms with E-state index in [2.05, 4.69) is 15.6 Å². The maximum atomic E-state index is 6.06. The summed E-state index contributed by atoms with van der Waals surface area (Å²) in [6.07, 6.45) is 1.09. The van der Waals surface area contributed by atoms with E-state index in [1.807, 2.05) is 12.1 Å². The van der Waals surface area contributed by atoms with Crippen LogP contribution in [0.5, 0.6) is 0 Å². The minimum atomic E-state index is 0.655. The van der Waals surface area contributed by atoms with E-state index < -0.39 is 0 Å². The van der Waals surface area contributed by atoms with Crippen LogP contribution in [0.1, 0.15) is 12.0 Å². The lowest BCUT2D eigenvalue weighted by Gasteiger charge is -2.16. The Morgan fingerprint density at radius 2 is 2.25 bits per heavy atom. The second-order valence-electron chi connectivity index (χ2n) is 3.60. The standard InChI is InChI=1S/C11H13Cl2N3/c12-9-3-2-8(10(13)6-9)7-16-11-14-4-1-5-15-11/h2-3,6H,1,4-5,7H2,(H2,14,15,16). The number of nitrogens with one attached hydrogen (secondary N) is 2. The van der Waals surface area contributed by atoms with Gasteiger partial charge in [0.2, 0.25) is 0 Å². The van der Waals surface area contributed by atoms with Crippen molar-refractivity contribution in [3.8, 4) is 0 Å². The van der Waals surface area contributed by atoms with Crippen LogP contribution in [-0.4, -0.2) is 19.0 Å². The number of rotatable bonds is 2. The third-order valence-corrected chi connectivity index (χ3v) is 2.95. The van der Waals surface area contributed by atoms with Crippen molar-refractivity contribution in [2.45, 2.75) is 13.0 Å². The molecule has 2 N–H and O–H groups in total. The molecule has 0 atom stereocenters. The zero-order chi connectivity index (χ0) is 11.4. The molecule has 1 aliphatic rings. The molecule has 3 nitrogen and oxygen atoms in total. The Hall–Kier alpha value is -0.930. The first-order valence-corrected chi connectivity index (χ1v) is 5.97. The van der Waals surface area contributed by atoms with Crippen LogP contribution in [0.15, 0.2) is 23.2 Å². The molecule has 0 amide bonds. The van der Waals surface area contributed by atoms with Crippen LogP contribution in [0, 0.1) is 0 Å². The molecule has 1 aliphatic heterocycles. The van der Waals surface area contributed by atoms with Crippen molar-refractivity contribution in [1.29, 1.82) is 0 Å². The van der Waals surface area contributed by atoms with Gasteiger partial charge in [-0.2, -0.15) is 0 Å². The van der Waals surface area contributed by atoms with Crippen LogP contribution in [0.3, 0.4) is 0 Å². The Morgan fingerprint density at radius 3 is 2.94 bits per heavy atom. The van der Waals surface area contributed by atoms with Gasteiger partial charge < -0.3 is 10.6 Å². The van der Waals surface area contributed by atoms with Crippen molar-refractivity contribution in [2.75, 3.05) is 13.1 Å². The van der Waals surface area contributed by atoms with Crippen molar-refractivity contribution in [2.24, 2.45) is 4.99 Å². The molecule has 1 heterocycles. The van der Waals surface area contributed by atoms with Gasteiger partial charge in [-0.1, -0.05) is 29.3 Å². The molecular weight excluding hydrogens is 245 g/mol. The second kappa shape index (κ2) is 5.41. The smallest absolute Gasteiger partial charge is 0.191 e. The first kappa shape index (κ1) is 11.6. The summed E-state index contributed by atoms with van der Waals surface area (Å²) < 4.78 is 0. The van der Waals surface area contributed by atoms with E-state index in [-0.39, 0.29) is 0 Å². The number of aliphatic imine (C=N–C) groups is 1. The average Bonchev–Trinajstić information content (AvgIpc) is 2.29. The molecule has 0 bridgehead atoms. The number of halogens is 2. The molecule has 16 heavy (non-hydrogen) atoms. The zero-order valence-electron chi connectivity index (χ0n) is 8.76. The van der Waals surface area contributed by atoms with Gasteiger partial charge in [0.1, 0.15) is 0 Å². The van der Waals surface area contributed by atoms with Gasteiger partial charge in [0.25, 0.3) is 0 Å². The lowest BCUT2D eigenvalue weighted by Crippen LogP contribution is -2.40. The molecule has 0 radical (unpaired) electrons. The number of nitrogens with zero attached hydrogens (tertiary/aromatic N) is 1. The van der Waals surface area contributed by atoms with Crippen molar-refractivity contribution >= 4 is 29.2 Å². The molecule has 0 aliphatic carbocycles. The summed E-state index contributed by atoms with van der Waals surface area (Å²) in [6, 6.07) is 5.50. The van der Waals surface area contributed by atoms with E-state index in [0.29, 0.717) is 16.6 Å². The zero-order valence-corrected chi connectivity index (χ0v) is 10.3. The van der Waals surface area contributed by atoms with E-state index in [4.69, 9.17) is 23.2 Å². The quantitative estimate of drug-likeness (QED) is 0.854.